The number of nitrogens with one attached hydrogen (secondary N) is 1. The van der Waals surface area contributed by atoms with Crippen LogP contribution in [-0.4, -0.2) is 17.6 Å². The van der Waals surface area contributed by atoms with Gasteiger partial charge in [-0.05, 0) is 5.56 Å². The smallest absolute Gasteiger partial charge is 0.349 e. The van der Waals surface area contributed by atoms with Gasteiger partial charge >= 0.3 is 5.92 Å². The van der Waals surface area contributed by atoms with Crippen molar-refractivity contribution in [3.05, 3.63) is 71.8 Å². The molecule has 3 nitrogen and oxygen atoms in total. The minimum atomic E-state index is -3.65. The van der Waals surface area contributed by atoms with Crippen LogP contribution in [0.15, 0.2) is 60.7 Å². The van der Waals surface area contributed by atoms with Gasteiger partial charge in [0.25, 0.3) is 5.91 Å². The fraction of sp³-hybridized carbons (Fsp3) is 0.188. The summed E-state index contributed by atoms with van der Waals surface area (Å²) in [5.41, 5.74) is 0.185. The minimum absolute atomic E-state index is 0.382. The van der Waals surface area contributed by atoms with Gasteiger partial charge in [-0.15, -0.1) is 0 Å². The second-order valence-corrected chi connectivity index (χ2v) is 4.56. The SMILES string of the molecule is O=C(N[C@H](CO)c1ccccc1)C(F)(F)c1ccccc1. The molecule has 0 bridgehead atoms. The number of alkyl halides is 2. The lowest BCUT2D eigenvalue weighted by Crippen LogP contribution is -2.41. The quantitative estimate of drug-likeness (QED) is 0.889. The van der Waals surface area contributed by atoms with E-state index in [0.717, 1.165) is 0 Å². The summed E-state index contributed by atoms with van der Waals surface area (Å²) in [6.07, 6.45) is 0. The Balaban J connectivity index is 2.16. The first kappa shape index (κ1) is 15.1. The van der Waals surface area contributed by atoms with Gasteiger partial charge in [0, 0.05) is 5.56 Å². The van der Waals surface area contributed by atoms with Crippen molar-refractivity contribution >= 4 is 5.91 Å². The first-order valence-corrected chi connectivity index (χ1v) is 6.46. The summed E-state index contributed by atoms with van der Waals surface area (Å²) in [6, 6.07) is 14.5. The van der Waals surface area contributed by atoms with Gasteiger partial charge in [0.05, 0.1) is 12.6 Å². The molecule has 0 aromatic heterocycles. The van der Waals surface area contributed by atoms with E-state index in [1.165, 1.54) is 24.3 Å². The van der Waals surface area contributed by atoms with Crippen LogP contribution in [0.4, 0.5) is 8.78 Å². The summed E-state index contributed by atoms with van der Waals surface area (Å²) < 4.78 is 28.1. The predicted octanol–water partition coefficient (Wildman–Crippen LogP) is 2.63. The molecule has 2 N–H and O–H groups in total. The van der Waals surface area contributed by atoms with E-state index in [1.807, 2.05) is 0 Å². The van der Waals surface area contributed by atoms with E-state index >= 15 is 0 Å². The summed E-state index contributed by atoms with van der Waals surface area (Å²) in [4.78, 5) is 11.8. The molecule has 2 aromatic carbocycles. The van der Waals surface area contributed by atoms with Crippen molar-refractivity contribution in [1.82, 2.24) is 5.32 Å². The summed E-state index contributed by atoms with van der Waals surface area (Å²) in [6.45, 7) is -0.458. The van der Waals surface area contributed by atoms with Crippen LogP contribution in [0.25, 0.3) is 0 Å². The molecule has 0 fully saturated rings. The maximum absolute atomic E-state index is 14.1. The van der Waals surface area contributed by atoms with E-state index < -0.39 is 24.5 Å². The Bertz CT molecular complexity index is 588. The van der Waals surface area contributed by atoms with Gasteiger partial charge in [0.1, 0.15) is 0 Å². The molecular weight excluding hydrogens is 276 g/mol. The Kier molecular flexibility index (Phi) is 4.65. The van der Waals surface area contributed by atoms with Crippen LogP contribution >= 0.6 is 0 Å². The summed E-state index contributed by atoms with van der Waals surface area (Å²) in [7, 11) is 0. The monoisotopic (exact) mass is 291 g/mol. The number of amides is 1. The average Bonchev–Trinajstić information content (AvgIpc) is 2.54. The summed E-state index contributed by atoms with van der Waals surface area (Å²) >= 11 is 0. The zero-order valence-corrected chi connectivity index (χ0v) is 11.2. The molecule has 0 unspecified atom stereocenters. The molecule has 110 valence electrons. The van der Waals surface area contributed by atoms with Gasteiger partial charge in [0.15, 0.2) is 0 Å². The Morgan fingerprint density at radius 2 is 1.57 bits per heavy atom. The molecular formula is C16H15F2NO2. The molecule has 0 saturated heterocycles. The summed E-state index contributed by atoms with van der Waals surface area (Å²) in [5, 5.41) is 11.5. The Labute approximate surface area is 121 Å². The Morgan fingerprint density at radius 1 is 1.05 bits per heavy atom. The number of hydrogen-bond acceptors (Lipinski definition) is 2. The second-order valence-electron chi connectivity index (χ2n) is 4.56. The van der Waals surface area contributed by atoms with Crippen molar-refractivity contribution in [1.29, 1.82) is 0 Å². The van der Waals surface area contributed by atoms with Crippen LogP contribution in [0, 0.1) is 0 Å². The fourth-order valence-corrected chi connectivity index (χ4v) is 1.95. The maximum atomic E-state index is 14.1. The average molecular weight is 291 g/mol. The Hall–Kier alpha value is -2.27. The highest BCUT2D eigenvalue weighted by Gasteiger charge is 2.41. The van der Waals surface area contributed by atoms with Crippen LogP contribution in [0.1, 0.15) is 17.2 Å². The number of aliphatic hydroxyl groups is 1. The number of hydrogen-bond donors (Lipinski definition) is 2. The van der Waals surface area contributed by atoms with Gasteiger partial charge in [-0.25, -0.2) is 0 Å². The number of carbonyl (C=O) groups is 1. The molecule has 0 spiro atoms. The van der Waals surface area contributed by atoms with E-state index in [-0.39, 0.29) is 5.56 Å². The number of rotatable bonds is 5. The molecule has 21 heavy (non-hydrogen) atoms. The van der Waals surface area contributed by atoms with Crippen LogP contribution in [0.2, 0.25) is 0 Å². The molecule has 0 radical (unpaired) electrons. The lowest BCUT2D eigenvalue weighted by atomic mass is 10.0. The summed E-state index contributed by atoms with van der Waals surface area (Å²) in [5.74, 6) is -5.08. The van der Waals surface area contributed by atoms with E-state index in [0.29, 0.717) is 5.56 Å². The molecule has 0 heterocycles. The highest BCUT2D eigenvalue weighted by atomic mass is 19.3. The lowest BCUT2D eigenvalue weighted by Gasteiger charge is -2.21. The van der Waals surface area contributed by atoms with Crippen molar-refractivity contribution in [2.75, 3.05) is 6.61 Å². The zero-order chi connectivity index (χ0) is 15.3. The third-order valence-electron chi connectivity index (χ3n) is 3.11. The first-order valence-electron chi connectivity index (χ1n) is 6.46. The largest absolute Gasteiger partial charge is 0.394 e. The zero-order valence-electron chi connectivity index (χ0n) is 11.2. The van der Waals surface area contributed by atoms with Crippen LogP contribution < -0.4 is 5.32 Å². The molecule has 0 aliphatic carbocycles. The van der Waals surface area contributed by atoms with E-state index in [1.54, 1.807) is 36.4 Å². The third kappa shape index (κ3) is 3.44. The van der Waals surface area contributed by atoms with E-state index in [4.69, 9.17) is 0 Å². The van der Waals surface area contributed by atoms with Crippen molar-refractivity contribution in [2.45, 2.75) is 12.0 Å². The highest BCUT2D eigenvalue weighted by molar-refractivity contribution is 5.85. The van der Waals surface area contributed by atoms with Crippen LogP contribution in [0.5, 0.6) is 0 Å². The lowest BCUT2D eigenvalue weighted by molar-refractivity contribution is -0.148. The molecule has 2 rings (SSSR count). The Morgan fingerprint density at radius 3 is 2.10 bits per heavy atom. The van der Waals surface area contributed by atoms with Crippen molar-refractivity contribution in [2.24, 2.45) is 0 Å². The van der Waals surface area contributed by atoms with Crippen molar-refractivity contribution in [3.63, 3.8) is 0 Å². The molecule has 5 heteroatoms. The maximum Gasteiger partial charge on any atom is 0.349 e. The predicted molar refractivity (Wildman–Crippen MR) is 74.7 cm³/mol. The van der Waals surface area contributed by atoms with Crippen LogP contribution in [0.3, 0.4) is 0 Å². The topological polar surface area (TPSA) is 49.3 Å². The molecule has 0 aliphatic heterocycles. The van der Waals surface area contributed by atoms with Gasteiger partial charge in [-0.2, -0.15) is 8.78 Å². The van der Waals surface area contributed by atoms with Gasteiger partial charge in [0.2, 0.25) is 0 Å². The number of halogens is 2. The first-order chi connectivity index (χ1) is 10.1. The minimum Gasteiger partial charge on any atom is -0.394 e. The van der Waals surface area contributed by atoms with Crippen LogP contribution in [-0.2, 0) is 10.7 Å². The van der Waals surface area contributed by atoms with Gasteiger partial charge in [-0.1, -0.05) is 60.7 Å². The number of carbonyl (C=O) groups excluding carboxylic acids is 1. The molecule has 1 atom stereocenters. The molecule has 2 aromatic rings. The molecule has 0 saturated carbocycles. The van der Waals surface area contributed by atoms with E-state index in [2.05, 4.69) is 5.32 Å². The van der Waals surface area contributed by atoms with E-state index in [9.17, 15) is 18.7 Å². The van der Waals surface area contributed by atoms with Crippen molar-refractivity contribution < 1.29 is 18.7 Å². The van der Waals surface area contributed by atoms with Gasteiger partial charge < -0.3 is 10.4 Å². The second kappa shape index (κ2) is 6.45. The third-order valence-corrected chi connectivity index (χ3v) is 3.11. The molecule has 0 aliphatic rings. The molecule has 1 amide bonds. The van der Waals surface area contributed by atoms with Crippen molar-refractivity contribution in [3.8, 4) is 0 Å². The normalized spacial score (nSPS) is 12.7. The number of benzene rings is 2. The highest BCUT2D eigenvalue weighted by Crippen LogP contribution is 2.28. The fourth-order valence-electron chi connectivity index (χ4n) is 1.95. The van der Waals surface area contributed by atoms with Gasteiger partial charge in [-0.3, -0.25) is 4.79 Å². The number of aliphatic hydroxyl groups excluding tert-OH is 1. The standard InChI is InChI=1S/C16H15F2NO2/c17-16(18,13-9-5-2-6-10-13)15(21)19-14(11-20)12-7-3-1-4-8-12/h1-10,14,20H,11H2,(H,19,21)/t14-/m1/s1.